The van der Waals surface area contributed by atoms with Crippen LogP contribution in [-0.2, 0) is 51.4 Å². The molecule has 0 aliphatic rings. The van der Waals surface area contributed by atoms with E-state index in [0.29, 0.717) is 0 Å². The summed E-state index contributed by atoms with van der Waals surface area (Å²) in [6, 6.07) is 42.9. The molecule has 9 aromatic heterocycles. The molecule has 11 rings (SSSR count). The molecule has 0 radical (unpaired) electrons. The van der Waals surface area contributed by atoms with E-state index in [1.807, 2.05) is 0 Å². The second-order valence-electron chi connectivity index (χ2n) is 46.3. The summed E-state index contributed by atoms with van der Waals surface area (Å²) in [7, 11) is 0. The van der Waals surface area contributed by atoms with Gasteiger partial charge in [-0.05, 0) is 254 Å². The van der Waals surface area contributed by atoms with Crippen molar-refractivity contribution in [3.63, 3.8) is 0 Å². The summed E-state index contributed by atoms with van der Waals surface area (Å²) in [5.74, 6) is 0. The largest absolute Gasteiger partial charge is 0.134 e. The Bertz CT molecular complexity index is 4910. The number of hydrogen-bond donors (Lipinski definition) is 0. The first-order valence-electron chi connectivity index (χ1n) is 64.5. The van der Waals surface area contributed by atoms with E-state index in [1.165, 1.54) is 610 Å². The van der Waals surface area contributed by atoms with E-state index in [2.05, 4.69) is 243 Å². The first-order valence-corrected chi connectivity index (χ1v) is 71.0. The number of hydrogen-bond acceptors (Lipinski definition) is 8. The Labute approximate surface area is 941 Å². The average molecular weight is 2160 g/mol. The van der Waals surface area contributed by atoms with Crippen LogP contribution < -0.4 is 0 Å². The molecule has 0 fully saturated rings. The first kappa shape index (κ1) is 124. The molecule has 0 atom stereocenters. The lowest BCUT2D eigenvalue weighted by Gasteiger charge is -2.12. The van der Waals surface area contributed by atoms with Crippen molar-refractivity contribution in [3.8, 4) is 0 Å². The standard InChI is InChI=1S/C140H216S8/c1-9-17-25-33-37-41-45-49-53-57-61-65-69-73-77-85-89-113-105-114(90-86-78-74-70-66-62-58-54-50-46-42-38-34-26-18-10-2)122-111-121(113)125-97-101-129(141-125)137-117(93-81-29-21-13-5)107-133(145-137)134-109-119(95-83-31-23-15-7)139(147-134)131-103-99-127(143-131)123-112-124(128-100-104-132(144-128)140-120(96-84-32-24-16-8)110-136(148-140)135-108-118(94-82-30-22-14-6)138(146-135)130-102-98-126(122)142-130)116(92-88-80-76-72-68-64-60-56-52-48-44-40-36-28-20-12-4)106-115(123)91-87-79-75-71-67-63-59-55-51-47-43-39-35-27-19-11-3/h97-112H,9-96H2,1-8H3. The third-order valence-electron chi connectivity index (χ3n) is 33.2. The minimum atomic E-state index is 1.15. The van der Waals surface area contributed by atoms with Crippen LogP contribution in [0.5, 0.6) is 0 Å². The smallest absolute Gasteiger partial charge is 0.0481 e. The average Bonchev–Trinajstić information content (AvgIpc) is 1.60. The Morgan fingerprint density at radius 2 is 0.230 bits per heavy atom. The fourth-order valence-corrected chi connectivity index (χ4v) is 33.6. The van der Waals surface area contributed by atoms with E-state index in [-0.39, 0.29) is 0 Å². The van der Waals surface area contributed by atoms with Gasteiger partial charge in [0.15, 0.2) is 0 Å². The van der Waals surface area contributed by atoms with Crippen LogP contribution in [-0.4, -0.2) is 0 Å². The van der Waals surface area contributed by atoms with E-state index in [0.717, 1.165) is 51.4 Å². The number of benzene rings is 2. The lowest BCUT2D eigenvalue weighted by molar-refractivity contribution is 0.529. The zero-order chi connectivity index (χ0) is 103. The van der Waals surface area contributed by atoms with Crippen LogP contribution in [0.3, 0.4) is 0 Å². The summed E-state index contributed by atoms with van der Waals surface area (Å²) in [5.41, 5.74) is 12.8. The highest BCUT2D eigenvalue weighted by atomic mass is 32.1. The third-order valence-corrected chi connectivity index (χ3v) is 43.5. The molecule has 0 saturated carbocycles. The van der Waals surface area contributed by atoms with Gasteiger partial charge in [-0.15, -0.1) is 90.7 Å². The van der Waals surface area contributed by atoms with E-state index in [9.17, 15) is 0 Å². The maximum Gasteiger partial charge on any atom is 0.0481 e. The van der Waals surface area contributed by atoms with Crippen LogP contribution >= 0.6 is 90.7 Å². The number of thiophene rings is 8. The Hall–Kier alpha value is -3.96. The summed E-state index contributed by atoms with van der Waals surface area (Å²) in [4.78, 5) is 0. The molecule has 148 heavy (non-hydrogen) atoms. The molecule has 11 aromatic rings. The molecule has 0 amide bonds. The molecular formula is C140H216S8. The molecule has 824 valence electrons. The van der Waals surface area contributed by atoms with Crippen LogP contribution in [0.2, 0.25) is 0 Å². The topological polar surface area (TPSA) is 0 Å². The van der Waals surface area contributed by atoms with Crippen molar-refractivity contribution < 1.29 is 0 Å². The Morgan fingerprint density at radius 3 is 0.378 bits per heavy atom. The maximum absolute atomic E-state index is 2.82. The van der Waals surface area contributed by atoms with Crippen molar-refractivity contribution >= 4 is 187 Å². The van der Waals surface area contributed by atoms with Gasteiger partial charge in [-0.25, -0.2) is 0 Å². The normalized spacial score (nSPS) is 12.0. The second kappa shape index (κ2) is 78.3. The predicted octanol–water partition coefficient (Wildman–Crippen LogP) is 53.4. The minimum absolute atomic E-state index is 1.15. The monoisotopic (exact) mass is 2150 g/mol. The summed E-state index contributed by atoms with van der Waals surface area (Å²) < 4.78 is 23.9. The number of unbranched alkanes of at least 4 members (excludes halogenated alkanes) is 72. The van der Waals surface area contributed by atoms with Gasteiger partial charge in [0.1, 0.15) is 0 Å². The number of rotatable bonds is 88. The van der Waals surface area contributed by atoms with E-state index in [4.69, 9.17) is 0 Å². The molecule has 8 heteroatoms. The molecule has 0 nitrogen and oxygen atoms in total. The Morgan fingerprint density at radius 1 is 0.108 bits per heavy atom. The van der Waals surface area contributed by atoms with Crippen LogP contribution in [0.25, 0.3) is 96.7 Å². The molecule has 0 N–H and O–H groups in total. The van der Waals surface area contributed by atoms with E-state index < -0.39 is 0 Å². The Kier molecular flexibility index (Phi) is 65.7. The van der Waals surface area contributed by atoms with Gasteiger partial charge in [-0.1, -0.05) is 530 Å². The summed E-state index contributed by atoms with van der Waals surface area (Å²) in [6.07, 6.45) is 120. The number of fused-ring (bicyclic) bond motifs is 30. The van der Waals surface area contributed by atoms with Crippen molar-refractivity contribution in [3.05, 3.63) is 142 Å². The molecule has 9 heterocycles. The summed E-state index contributed by atoms with van der Waals surface area (Å²) in [5, 5.41) is 6.06. The lowest BCUT2D eigenvalue weighted by Crippen LogP contribution is -1.94. The van der Waals surface area contributed by atoms with E-state index >= 15 is 0 Å². The zero-order valence-electron chi connectivity index (χ0n) is 96.7. The second-order valence-corrected chi connectivity index (χ2v) is 54.8. The van der Waals surface area contributed by atoms with Gasteiger partial charge in [-0.3, -0.25) is 0 Å². The van der Waals surface area contributed by atoms with E-state index in [1.54, 1.807) is 44.5 Å². The highest BCUT2D eigenvalue weighted by Crippen LogP contribution is 2.47. The lowest BCUT2D eigenvalue weighted by atomic mass is 9.94. The van der Waals surface area contributed by atoms with Crippen LogP contribution in [0.1, 0.15) is 614 Å². The molecule has 0 unspecified atom stereocenters. The SMILES string of the molecule is CCCCCCCCCCCCCCCCCCc1cc(CCCCCCCCCCCCCCCCCC)c2cc1c1ccc(s1)c1sc(cc1CCCCCC)c1cc(CCCCCC)c(s1)c1ccc(s1)c1cc(c(CCCCCCCCCCCCCCCCCC)cc1CCCCCCCCCCCCCCCCCC)c1ccc(s1)c1sc(cc1CCCCCC)c1cc(CCCCCC)c(s1)c1ccc2s1. The van der Waals surface area contributed by atoms with Crippen molar-refractivity contribution in [2.75, 3.05) is 0 Å². The molecule has 2 aromatic carbocycles. The van der Waals surface area contributed by atoms with Gasteiger partial charge in [0.2, 0.25) is 0 Å². The zero-order valence-corrected chi connectivity index (χ0v) is 103. The maximum atomic E-state index is 2.82. The summed E-state index contributed by atoms with van der Waals surface area (Å²) in [6.45, 7) is 18.9. The highest BCUT2D eigenvalue weighted by Gasteiger charge is 2.20. The van der Waals surface area contributed by atoms with Gasteiger partial charge in [-0.2, -0.15) is 0 Å². The Balaban J connectivity index is 1.04. The van der Waals surface area contributed by atoms with Gasteiger partial charge in [0, 0.05) is 75.2 Å². The molecular weight excluding hydrogens is 1940 g/mol. The minimum Gasteiger partial charge on any atom is -0.134 e. The van der Waals surface area contributed by atoms with Crippen LogP contribution in [0, 0.1) is 0 Å². The van der Waals surface area contributed by atoms with Crippen LogP contribution in [0.15, 0.2) is 97.1 Å². The quantitative estimate of drug-likeness (QED) is 0.0333. The van der Waals surface area contributed by atoms with Crippen molar-refractivity contribution in [1.82, 2.24) is 0 Å². The van der Waals surface area contributed by atoms with Gasteiger partial charge >= 0.3 is 0 Å². The fraction of sp³-hybridized carbons (Fsp3) is 0.686. The van der Waals surface area contributed by atoms with Crippen molar-refractivity contribution in [2.24, 2.45) is 0 Å². The fourth-order valence-electron chi connectivity index (χ4n) is 23.8. The highest BCUT2D eigenvalue weighted by molar-refractivity contribution is 7.37. The first-order chi connectivity index (χ1) is 73.3. The summed E-state index contributed by atoms with van der Waals surface area (Å²) >= 11 is 17.1. The number of aryl methyl sites for hydroxylation is 8. The molecule has 0 aliphatic carbocycles. The molecule has 0 spiro atoms. The van der Waals surface area contributed by atoms with Crippen molar-refractivity contribution in [2.45, 2.75) is 620 Å². The van der Waals surface area contributed by atoms with Gasteiger partial charge < -0.3 is 0 Å². The van der Waals surface area contributed by atoms with Gasteiger partial charge in [0.25, 0.3) is 0 Å². The van der Waals surface area contributed by atoms with Crippen LogP contribution in [0.4, 0.5) is 0 Å². The van der Waals surface area contributed by atoms with Crippen molar-refractivity contribution in [1.29, 1.82) is 0 Å². The predicted molar refractivity (Wildman–Crippen MR) is 691 cm³/mol. The molecule has 20 bridgehead atoms. The molecule has 0 saturated heterocycles. The van der Waals surface area contributed by atoms with Gasteiger partial charge in [0.05, 0.1) is 0 Å². The molecule has 0 aliphatic heterocycles. The third kappa shape index (κ3) is 45.9.